The molecule has 3 N–H and O–H groups in total. The first-order valence-electron chi connectivity index (χ1n) is 7.22. The van der Waals surface area contributed by atoms with E-state index in [0.29, 0.717) is 31.3 Å². The molecular formula is C14H21N3O3. The first-order valence-corrected chi connectivity index (χ1v) is 7.22. The summed E-state index contributed by atoms with van der Waals surface area (Å²) in [5.74, 6) is 1.77. The molecule has 1 aromatic heterocycles. The summed E-state index contributed by atoms with van der Waals surface area (Å²) in [6.45, 7) is 1.90. The van der Waals surface area contributed by atoms with Crippen LogP contribution in [0.5, 0.6) is 0 Å². The molecule has 6 heteroatoms. The molecule has 2 fully saturated rings. The molecule has 1 saturated heterocycles. The minimum Gasteiger partial charge on any atom is -0.444 e. The Hall–Kier alpha value is -1.40. The summed E-state index contributed by atoms with van der Waals surface area (Å²) < 4.78 is 5.73. The highest BCUT2D eigenvalue weighted by Gasteiger charge is 2.35. The second-order valence-corrected chi connectivity index (χ2v) is 6.11. The molecule has 0 bridgehead atoms. The van der Waals surface area contributed by atoms with Crippen LogP contribution in [0.2, 0.25) is 0 Å². The van der Waals surface area contributed by atoms with Crippen LogP contribution in [0.15, 0.2) is 10.6 Å². The molecule has 2 aliphatic rings. The highest BCUT2D eigenvalue weighted by Crippen LogP contribution is 2.40. The zero-order valence-corrected chi connectivity index (χ0v) is 11.5. The van der Waals surface area contributed by atoms with Gasteiger partial charge in [0.05, 0.1) is 24.8 Å². The number of carbonyl (C=O) groups excluding carboxylic acids is 1. The Morgan fingerprint density at radius 1 is 1.60 bits per heavy atom. The average molecular weight is 279 g/mol. The minimum absolute atomic E-state index is 0.0163. The van der Waals surface area contributed by atoms with E-state index < -0.39 is 11.5 Å². The maximum atomic E-state index is 11.0. The molecule has 0 radical (unpaired) electrons. The lowest BCUT2D eigenvalue weighted by Gasteiger charge is -2.38. The number of nitrogens with two attached hydrogens (primary N) is 1. The Bertz CT molecular complexity index is 498. The van der Waals surface area contributed by atoms with Gasteiger partial charge in [-0.05, 0) is 32.2 Å². The number of hydrogen-bond donors (Lipinski definition) is 2. The summed E-state index contributed by atoms with van der Waals surface area (Å²) in [6, 6.07) is 0. The van der Waals surface area contributed by atoms with Crippen LogP contribution in [0.3, 0.4) is 0 Å². The van der Waals surface area contributed by atoms with Gasteiger partial charge in [-0.3, -0.25) is 9.69 Å². The van der Waals surface area contributed by atoms with Crippen molar-refractivity contribution in [3.63, 3.8) is 0 Å². The third-order valence-electron chi connectivity index (χ3n) is 4.05. The van der Waals surface area contributed by atoms with Gasteiger partial charge in [0.15, 0.2) is 0 Å². The largest absolute Gasteiger partial charge is 0.444 e. The summed E-state index contributed by atoms with van der Waals surface area (Å²) in [5.41, 5.74) is 4.20. The summed E-state index contributed by atoms with van der Waals surface area (Å²) in [5, 5.41) is 10.4. The van der Waals surface area contributed by atoms with Gasteiger partial charge in [0.1, 0.15) is 5.76 Å². The Morgan fingerprint density at radius 3 is 3.10 bits per heavy atom. The number of carbonyl (C=O) groups is 1. The van der Waals surface area contributed by atoms with Crippen LogP contribution < -0.4 is 5.73 Å². The van der Waals surface area contributed by atoms with Gasteiger partial charge < -0.3 is 15.3 Å². The molecule has 1 amide bonds. The standard InChI is InChI=1S/C14H21N3O3/c15-12(18)6-14(19)4-1-5-17(9-14)8-13-16-7-11(20-13)10-2-3-10/h7,10,19H,1-6,8-9H2,(H2,15,18). The topological polar surface area (TPSA) is 92.6 Å². The number of hydrogen-bond acceptors (Lipinski definition) is 5. The molecule has 1 aliphatic carbocycles. The highest BCUT2D eigenvalue weighted by molar-refractivity contribution is 5.75. The molecule has 1 aliphatic heterocycles. The number of amides is 1. The Morgan fingerprint density at radius 2 is 2.40 bits per heavy atom. The van der Waals surface area contributed by atoms with E-state index in [-0.39, 0.29) is 6.42 Å². The Kier molecular flexibility index (Phi) is 3.52. The lowest BCUT2D eigenvalue weighted by Crippen LogP contribution is -2.49. The van der Waals surface area contributed by atoms with Crippen molar-refractivity contribution in [2.75, 3.05) is 13.1 Å². The third kappa shape index (κ3) is 3.19. The van der Waals surface area contributed by atoms with Gasteiger partial charge >= 0.3 is 0 Å². The predicted octanol–water partition coefficient (Wildman–Crippen LogP) is 0.754. The van der Waals surface area contributed by atoms with Crippen LogP contribution in [0.1, 0.15) is 49.7 Å². The van der Waals surface area contributed by atoms with E-state index in [9.17, 15) is 9.90 Å². The molecular weight excluding hydrogens is 258 g/mol. The number of primary amides is 1. The number of rotatable bonds is 5. The Labute approximate surface area is 118 Å². The molecule has 1 unspecified atom stereocenters. The molecule has 1 saturated carbocycles. The van der Waals surface area contributed by atoms with Crippen LogP contribution in [0.25, 0.3) is 0 Å². The number of aliphatic hydroxyl groups is 1. The molecule has 0 spiro atoms. The minimum atomic E-state index is -1.00. The van der Waals surface area contributed by atoms with E-state index in [1.165, 1.54) is 12.8 Å². The summed E-state index contributed by atoms with van der Waals surface area (Å²) in [7, 11) is 0. The van der Waals surface area contributed by atoms with Gasteiger partial charge in [0, 0.05) is 12.5 Å². The monoisotopic (exact) mass is 279 g/mol. The molecule has 110 valence electrons. The van der Waals surface area contributed by atoms with Crippen LogP contribution in [-0.4, -0.2) is 39.6 Å². The van der Waals surface area contributed by atoms with Gasteiger partial charge in [-0.25, -0.2) is 4.98 Å². The van der Waals surface area contributed by atoms with Crippen molar-refractivity contribution in [1.82, 2.24) is 9.88 Å². The van der Waals surface area contributed by atoms with E-state index in [2.05, 4.69) is 9.88 Å². The van der Waals surface area contributed by atoms with Crippen LogP contribution in [0, 0.1) is 0 Å². The van der Waals surface area contributed by atoms with E-state index >= 15 is 0 Å². The maximum absolute atomic E-state index is 11.0. The van der Waals surface area contributed by atoms with Crippen LogP contribution in [-0.2, 0) is 11.3 Å². The lowest BCUT2D eigenvalue weighted by molar-refractivity contribution is -0.125. The van der Waals surface area contributed by atoms with Crippen molar-refractivity contribution in [1.29, 1.82) is 0 Å². The average Bonchev–Trinajstić information content (AvgIpc) is 3.09. The molecule has 6 nitrogen and oxygen atoms in total. The summed E-state index contributed by atoms with van der Waals surface area (Å²) in [4.78, 5) is 17.4. The van der Waals surface area contributed by atoms with Crippen LogP contribution >= 0.6 is 0 Å². The fourth-order valence-electron chi connectivity index (χ4n) is 2.95. The number of nitrogens with zero attached hydrogens (tertiary/aromatic N) is 2. The second-order valence-electron chi connectivity index (χ2n) is 6.11. The van der Waals surface area contributed by atoms with Crippen molar-refractivity contribution in [2.24, 2.45) is 5.73 Å². The lowest BCUT2D eigenvalue weighted by atomic mass is 9.89. The number of likely N-dealkylation sites (tertiary alicyclic amines) is 1. The first-order chi connectivity index (χ1) is 9.54. The van der Waals surface area contributed by atoms with Crippen molar-refractivity contribution < 1.29 is 14.3 Å². The molecule has 20 heavy (non-hydrogen) atoms. The summed E-state index contributed by atoms with van der Waals surface area (Å²) >= 11 is 0. The van der Waals surface area contributed by atoms with E-state index in [0.717, 1.165) is 18.7 Å². The van der Waals surface area contributed by atoms with E-state index in [1.807, 2.05) is 6.20 Å². The SMILES string of the molecule is NC(=O)CC1(O)CCCN(Cc2ncc(C3CC3)o2)C1. The van der Waals surface area contributed by atoms with Gasteiger partial charge in [0.2, 0.25) is 11.8 Å². The first kappa shape index (κ1) is 13.6. The molecule has 3 rings (SSSR count). The van der Waals surface area contributed by atoms with Crippen LogP contribution in [0.4, 0.5) is 0 Å². The van der Waals surface area contributed by atoms with E-state index in [4.69, 9.17) is 10.2 Å². The van der Waals surface area contributed by atoms with Crippen molar-refractivity contribution in [3.8, 4) is 0 Å². The molecule has 2 heterocycles. The number of piperidine rings is 1. The van der Waals surface area contributed by atoms with Gasteiger partial charge in [-0.1, -0.05) is 0 Å². The van der Waals surface area contributed by atoms with Crippen molar-refractivity contribution in [3.05, 3.63) is 17.8 Å². The fourth-order valence-corrected chi connectivity index (χ4v) is 2.95. The number of β-amino-alcohol motifs (C(OH)–C–C–N with tert-alkyl or cyclic N) is 1. The second kappa shape index (κ2) is 5.18. The summed E-state index contributed by atoms with van der Waals surface area (Å²) in [6.07, 6.45) is 5.67. The highest BCUT2D eigenvalue weighted by atomic mass is 16.4. The fraction of sp³-hybridized carbons (Fsp3) is 0.714. The number of aromatic nitrogens is 1. The maximum Gasteiger partial charge on any atom is 0.220 e. The van der Waals surface area contributed by atoms with Crippen molar-refractivity contribution >= 4 is 5.91 Å². The molecule has 1 aromatic rings. The number of oxazole rings is 1. The zero-order chi connectivity index (χ0) is 14.2. The molecule has 0 aromatic carbocycles. The quantitative estimate of drug-likeness (QED) is 0.830. The zero-order valence-electron chi connectivity index (χ0n) is 11.5. The third-order valence-corrected chi connectivity index (χ3v) is 4.05. The van der Waals surface area contributed by atoms with E-state index in [1.54, 1.807) is 0 Å². The predicted molar refractivity (Wildman–Crippen MR) is 71.8 cm³/mol. The van der Waals surface area contributed by atoms with Crippen molar-refractivity contribution in [2.45, 2.75) is 50.2 Å². The van der Waals surface area contributed by atoms with Gasteiger partial charge in [0.25, 0.3) is 0 Å². The normalized spacial score (nSPS) is 27.6. The molecule has 1 atom stereocenters. The smallest absolute Gasteiger partial charge is 0.220 e. The van der Waals surface area contributed by atoms with Gasteiger partial charge in [-0.2, -0.15) is 0 Å². The Balaban J connectivity index is 1.60. The van der Waals surface area contributed by atoms with Gasteiger partial charge in [-0.15, -0.1) is 0 Å².